The van der Waals surface area contributed by atoms with Crippen LogP contribution in [0.4, 0.5) is 0 Å². The number of hydrogen-bond donors (Lipinski definition) is 1. The van der Waals surface area contributed by atoms with Gasteiger partial charge in [0.25, 0.3) is 0 Å². The number of nitrogens with one attached hydrogen (secondary N) is 1. The van der Waals surface area contributed by atoms with Gasteiger partial charge < -0.3 is 15.2 Å². The van der Waals surface area contributed by atoms with Crippen molar-refractivity contribution in [2.75, 3.05) is 0 Å². The van der Waals surface area contributed by atoms with Crippen LogP contribution >= 0.6 is 0 Å². The van der Waals surface area contributed by atoms with Crippen molar-refractivity contribution in [1.82, 2.24) is 5.32 Å². The largest absolute Gasteiger partial charge is 0.548 e. The number of benzene rings is 3. The zero-order valence-corrected chi connectivity index (χ0v) is 15.5. The highest BCUT2D eigenvalue weighted by atomic mass is 16.4. The Kier molecular flexibility index (Phi) is 4.54. The van der Waals surface area contributed by atoms with Crippen LogP contribution in [0.1, 0.15) is 33.7 Å². The second kappa shape index (κ2) is 7.01. The summed E-state index contributed by atoms with van der Waals surface area (Å²) in [7, 11) is 0. The Morgan fingerprint density at radius 3 is 1.96 bits per heavy atom. The summed E-state index contributed by atoms with van der Waals surface area (Å²) in [5.41, 5.74) is 7.73. The first kappa shape index (κ1) is 17.5. The summed E-state index contributed by atoms with van der Waals surface area (Å²) in [5.74, 6) is -1.33. The molecule has 0 bridgehead atoms. The molecule has 3 aromatic carbocycles. The number of aliphatic carboxylic acids is 1. The number of aryl methyl sites for hydroxylation is 2. The normalized spacial score (nSPS) is 13.9. The van der Waals surface area contributed by atoms with Crippen LogP contribution in [-0.4, -0.2) is 12.0 Å². The maximum atomic E-state index is 12.1. The highest BCUT2D eigenvalue weighted by Gasteiger charge is 2.34. The fourth-order valence-electron chi connectivity index (χ4n) is 4.29. The molecule has 0 heterocycles. The molecule has 1 unspecified atom stereocenters. The summed E-state index contributed by atoms with van der Waals surface area (Å²) < 4.78 is 0. The first-order valence-electron chi connectivity index (χ1n) is 9.24. The lowest BCUT2D eigenvalue weighted by atomic mass is 9.89. The molecule has 0 spiro atoms. The lowest BCUT2D eigenvalue weighted by Crippen LogP contribution is -2.48. The molecule has 3 aromatic rings. The van der Waals surface area contributed by atoms with E-state index < -0.39 is 12.0 Å². The molecule has 27 heavy (non-hydrogen) atoms. The van der Waals surface area contributed by atoms with Crippen LogP contribution in [0.15, 0.2) is 66.7 Å². The summed E-state index contributed by atoms with van der Waals surface area (Å²) in [5, 5.41) is 15.3. The summed E-state index contributed by atoms with van der Waals surface area (Å²) in [4.78, 5) is 12.1. The summed E-state index contributed by atoms with van der Waals surface area (Å²) in [6, 6.07) is 21.6. The minimum Gasteiger partial charge on any atom is -0.548 e. The Labute approximate surface area is 159 Å². The lowest BCUT2D eigenvalue weighted by molar-refractivity contribution is -0.308. The fraction of sp³-hybridized carbons (Fsp3) is 0.208. The van der Waals surface area contributed by atoms with Gasteiger partial charge in [-0.3, -0.25) is 0 Å². The Morgan fingerprint density at radius 1 is 0.926 bits per heavy atom. The molecule has 3 heteroatoms. The summed E-state index contributed by atoms with van der Waals surface area (Å²) in [6.45, 7) is 4.59. The molecule has 3 nitrogen and oxygen atoms in total. The van der Waals surface area contributed by atoms with E-state index in [1.54, 1.807) is 0 Å². The molecular weight excluding hydrogens is 334 g/mol. The predicted octanol–water partition coefficient (Wildman–Crippen LogP) is 3.32. The quantitative estimate of drug-likeness (QED) is 0.763. The van der Waals surface area contributed by atoms with Crippen molar-refractivity contribution in [3.63, 3.8) is 0 Å². The Bertz CT molecular complexity index is 943. The highest BCUT2D eigenvalue weighted by molar-refractivity contribution is 5.84. The first-order chi connectivity index (χ1) is 13.0. The summed E-state index contributed by atoms with van der Waals surface area (Å²) >= 11 is 0. The number of carbonyl (C=O) groups is 1. The number of fused-ring (bicyclic) bond motifs is 3. The average Bonchev–Trinajstić information content (AvgIpc) is 2.96. The van der Waals surface area contributed by atoms with Crippen LogP contribution in [-0.2, 0) is 11.3 Å². The van der Waals surface area contributed by atoms with E-state index >= 15 is 0 Å². The van der Waals surface area contributed by atoms with Gasteiger partial charge in [0.2, 0.25) is 0 Å². The molecule has 1 N–H and O–H groups in total. The topological polar surface area (TPSA) is 52.2 Å². The van der Waals surface area contributed by atoms with E-state index in [-0.39, 0.29) is 5.92 Å². The van der Waals surface area contributed by atoms with Crippen molar-refractivity contribution in [3.8, 4) is 11.1 Å². The third-order valence-electron chi connectivity index (χ3n) is 5.28. The molecule has 0 saturated carbocycles. The molecule has 1 aliphatic carbocycles. The maximum Gasteiger partial charge on any atom is 0.0594 e. The van der Waals surface area contributed by atoms with Crippen LogP contribution in [0, 0.1) is 13.8 Å². The van der Waals surface area contributed by atoms with Gasteiger partial charge >= 0.3 is 0 Å². The number of carboxylic acids is 1. The highest BCUT2D eigenvalue weighted by Crippen LogP contribution is 2.46. The van der Waals surface area contributed by atoms with Crippen LogP contribution in [0.25, 0.3) is 11.1 Å². The third-order valence-corrected chi connectivity index (χ3v) is 5.28. The van der Waals surface area contributed by atoms with Crippen molar-refractivity contribution in [2.45, 2.75) is 32.4 Å². The molecule has 4 rings (SSSR count). The van der Waals surface area contributed by atoms with E-state index in [1.165, 1.54) is 11.1 Å². The van der Waals surface area contributed by atoms with Gasteiger partial charge in [0.1, 0.15) is 0 Å². The fourth-order valence-corrected chi connectivity index (χ4v) is 4.29. The molecule has 0 saturated heterocycles. The van der Waals surface area contributed by atoms with Gasteiger partial charge in [0, 0.05) is 12.5 Å². The standard InChI is InChI=1S/C24H23NO2/c1-15-11-16(2)13-17(12-15)14-25-23(24(26)27)22-20-9-5-3-7-18(20)19-8-4-6-10-21(19)22/h3-13,22-23,25H,14H2,1-2H3,(H,26,27)/p-1. The summed E-state index contributed by atoms with van der Waals surface area (Å²) in [6.07, 6.45) is 0. The van der Waals surface area contributed by atoms with Gasteiger partial charge in [-0.15, -0.1) is 0 Å². The minimum atomic E-state index is -1.07. The van der Waals surface area contributed by atoms with Crippen molar-refractivity contribution >= 4 is 5.97 Å². The van der Waals surface area contributed by atoms with Gasteiger partial charge in [-0.1, -0.05) is 77.9 Å². The number of carboxylic acid groups (broad SMARTS) is 1. The molecule has 1 aliphatic rings. The molecule has 0 fully saturated rings. The second-order valence-electron chi connectivity index (χ2n) is 7.33. The van der Waals surface area contributed by atoms with Crippen molar-refractivity contribution in [3.05, 3.63) is 94.5 Å². The van der Waals surface area contributed by atoms with Gasteiger partial charge in [-0.25, -0.2) is 0 Å². The van der Waals surface area contributed by atoms with Gasteiger partial charge in [-0.05, 0) is 41.7 Å². The number of hydrogen-bond acceptors (Lipinski definition) is 3. The van der Waals surface area contributed by atoms with Crippen molar-refractivity contribution in [1.29, 1.82) is 0 Å². The molecule has 0 aromatic heterocycles. The molecule has 0 radical (unpaired) electrons. The zero-order valence-electron chi connectivity index (χ0n) is 15.5. The Morgan fingerprint density at radius 2 is 1.44 bits per heavy atom. The van der Waals surface area contributed by atoms with E-state index in [0.717, 1.165) is 27.8 Å². The molecular formula is C24H22NO2-. The zero-order chi connectivity index (χ0) is 19.0. The molecule has 0 amide bonds. The Hall–Kier alpha value is -2.91. The van der Waals surface area contributed by atoms with E-state index in [2.05, 4.69) is 49.5 Å². The Balaban J connectivity index is 1.69. The predicted molar refractivity (Wildman–Crippen MR) is 105 cm³/mol. The average molecular weight is 356 g/mol. The van der Waals surface area contributed by atoms with Crippen LogP contribution in [0.5, 0.6) is 0 Å². The lowest BCUT2D eigenvalue weighted by Gasteiger charge is -2.28. The molecule has 1 atom stereocenters. The smallest absolute Gasteiger partial charge is 0.0594 e. The van der Waals surface area contributed by atoms with Crippen molar-refractivity contribution < 1.29 is 9.90 Å². The molecule has 0 aliphatic heterocycles. The van der Waals surface area contributed by atoms with Crippen LogP contribution in [0.2, 0.25) is 0 Å². The molecule has 136 valence electrons. The van der Waals surface area contributed by atoms with E-state index in [0.29, 0.717) is 6.54 Å². The van der Waals surface area contributed by atoms with E-state index in [9.17, 15) is 9.90 Å². The van der Waals surface area contributed by atoms with E-state index in [4.69, 9.17) is 0 Å². The number of rotatable bonds is 5. The second-order valence-corrected chi connectivity index (χ2v) is 7.33. The minimum absolute atomic E-state index is 0.256. The van der Waals surface area contributed by atoms with Crippen LogP contribution in [0.3, 0.4) is 0 Å². The SMILES string of the molecule is Cc1cc(C)cc(CNC(C(=O)[O-])C2c3ccccc3-c3ccccc32)c1. The van der Waals surface area contributed by atoms with Crippen LogP contribution < -0.4 is 10.4 Å². The monoisotopic (exact) mass is 356 g/mol. The van der Waals surface area contributed by atoms with E-state index in [1.807, 2.05) is 36.4 Å². The maximum absolute atomic E-state index is 12.1. The number of carbonyl (C=O) groups excluding carboxylic acids is 1. The third kappa shape index (κ3) is 3.26. The van der Waals surface area contributed by atoms with Gasteiger partial charge in [0.05, 0.1) is 12.0 Å². The van der Waals surface area contributed by atoms with Gasteiger partial charge in [0.15, 0.2) is 0 Å². The van der Waals surface area contributed by atoms with Gasteiger partial charge in [-0.2, -0.15) is 0 Å². The van der Waals surface area contributed by atoms with Crippen molar-refractivity contribution in [2.24, 2.45) is 0 Å². The first-order valence-corrected chi connectivity index (χ1v) is 9.24.